The van der Waals surface area contributed by atoms with Crippen molar-refractivity contribution in [1.29, 1.82) is 0 Å². The highest BCUT2D eigenvalue weighted by Gasteiger charge is 2.34. The van der Waals surface area contributed by atoms with E-state index in [4.69, 9.17) is 0 Å². The first kappa shape index (κ1) is 20.3. The van der Waals surface area contributed by atoms with Crippen molar-refractivity contribution < 1.29 is 14.0 Å². The zero-order valence-corrected chi connectivity index (χ0v) is 16.4. The molecule has 8 nitrogen and oxygen atoms in total. The maximum Gasteiger partial charge on any atom is 0.258 e. The van der Waals surface area contributed by atoms with Crippen LogP contribution in [-0.4, -0.2) is 28.3 Å². The SMILES string of the molecule is O=C1C[C@H](C(=O)NCCc2ccccc2)c2c(nc(Nc3ccc(F)cc3)[nH]c2=O)N1. The van der Waals surface area contributed by atoms with E-state index in [-0.39, 0.29) is 23.8 Å². The van der Waals surface area contributed by atoms with Crippen LogP contribution in [0.25, 0.3) is 0 Å². The number of halogens is 1. The van der Waals surface area contributed by atoms with E-state index in [9.17, 15) is 18.8 Å². The van der Waals surface area contributed by atoms with E-state index in [0.717, 1.165) is 5.56 Å². The molecule has 0 saturated heterocycles. The number of nitrogens with zero attached hydrogens (tertiary/aromatic N) is 1. The smallest absolute Gasteiger partial charge is 0.258 e. The molecule has 31 heavy (non-hydrogen) atoms. The van der Waals surface area contributed by atoms with Gasteiger partial charge in [0, 0.05) is 18.7 Å². The number of amides is 2. The van der Waals surface area contributed by atoms with Gasteiger partial charge in [-0.3, -0.25) is 19.4 Å². The fourth-order valence-electron chi connectivity index (χ4n) is 3.42. The van der Waals surface area contributed by atoms with Crippen molar-refractivity contribution in [1.82, 2.24) is 15.3 Å². The van der Waals surface area contributed by atoms with Crippen LogP contribution >= 0.6 is 0 Å². The van der Waals surface area contributed by atoms with Gasteiger partial charge in [0.25, 0.3) is 5.56 Å². The van der Waals surface area contributed by atoms with E-state index in [1.807, 2.05) is 30.3 Å². The molecule has 0 radical (unpaired) electrons. The molecule has 3 aromatic rings. The molecular formula is C22H20FN5O3. The molecule has 2 aromatic carbocycles. The van der Waals surface area contributed by atoms with Gasteiger partial charge in [-0.1, -0.05) is 30.3 Å². The Balaban J connectivity index is 1.51. The molecule has 1 atom stereocenters. The van der Waals surface area contributed by atoms with Crippen LogP contribution in [0.2, 0.25) is 0 Å². The first-order valence-corrected chi connectivity index (χ1v) is 9.78. The summed E-state index contributed by atoms with van der Waals surface area (Å²) < 4.78 is 13.1. The van der Waals surface area contributed by atoms with Gasteiger partial charge in [0.2, 0.25) is 17.8 Å². The predicted octanol–water partition coefficient (Wildman–Crippen LogP) is 2.44. The van der Waals surface area contributed by atoms with Gasteiger partial charge in [-0.15, -0.1) is 0 Å². The molecule has 4 N–H and O–H groups in total. The number of anilines is 3. The Bertz CT molecular complexity index is 1160. The lowest BCUT2D eigenvalue weighted by molar-refractivity contribution is -0.126. The lowest BCUT2D eigenvalue weighted by atomic mass is 9.92. The molecule has 1 aliphatic heterocycles. The number of carbonyl (C=O) groups excluding carboxylic acids is 2. The van der Waals surface area contributed by atoms with Crippen LogP contribution in [0.15, 0.2) is 59.4 Å². The minimum Gasteiger partial charge on any atom is -0.355 e. The normalized spacial score (nSPS) is 15.0. The van der Waals surface area contributed by atoms with Crippen molar-refractivity contribution in [3.8, 4) is 0 Å². The number of fused-ring (bicyclic) bond motifs is 1. The van der Waals surface area contributed by atoms with E-state index in [2.05, 4.69) is 25.9 Å². The number of aromatic nitrogens is 2. The molecule has 0 spiro atoms. The number of hydrogen-bond donors (Lipinski definition) is 4. The summed E-state index contributed by atoms with van der Waals surface area (Å²) in [4.78, 5) is 44.4. The van der Waals surface area contributed by atoms with Gasteiger partial charge in [-0.25, -0.2) is 4.39 Å². The second-order valence-electron chi connectivity index (χ2n) is 7.14. The summed E-state index contributed by atoms with van der Waals surface area (Å²) in [6, 6.07) is 15.2. The van der Waals surface area contributed by atoms with Crippen LogP contribution in [0.4, 0.5) is 21.8 Å². The number of rotatable bonds is 6. The van der Waals surface area contributed by atoms with Gasteiger partial charge < -0.3 is 16.0 Å². The van der Waals surface area contributed by atoms with Gasteiger partial charge in [-0.2, -0.15) is 4.98 Å². The number of benzene rings is 2. The van der Waals surface area contributed by atoms with Gasteiger partial charge >= 0.3 is 0 Å². The van der Waals surface area contributed by atoms with Crippen LogP contribution in [0.3, 0.4) is 0 Å². The average Bonchev–Trinajstić information content (AvgIpc) is 2.75. The van der Waals surface area contributed by atoms with Crippen LogP contribution in [0.1, 0.15) is 23.5 Å². The third-order valence-corrected chi connectivity index (χ3v) is 4.93. The van der Waals surface area contributed by atoms with Crippen LogP contribution in [0.5, 0.6) is 0 Å². The molecule has 4 rings (SSSR count). The minimum atomic E-state index is -0.935. The number of H-pyrrole nitrogens is 1. The predicted molar refractivity (Wildman–Crippen MR) is 114 cm³/mol. The second-order valence-corrected chi connectivity index (χ2v) is 7.14. The third kappa shape index (κ3) is 4.77. The summed E-state index contributed by atoms with van der Waals surface area (Å²) in [6.45, 7) is 0.381. The summed E-state index contributed by atoms with van der Waals surface area (Å²) in [6.07, 6.45) is 0.493. The number of carbonyl (C=O) groups is 2. The average molecular weight is 421 g/mol. The highest BCUT2D eigenvalue weighted by atomic mass is 19.1. The molecular weight excluding hydrogens is 401 g/mol. The summed E-state index contributed by atoms with van der Waals surface area (Å²) >= 11 is 0. The van der Waals surface area contributed by atoms with Crippen molar-refractivity contribution in [3.63, 3.8) is 0 Å². The van der Waals surface area contributed by atoms with E-state index in [1.165, 1.54) is 24.3 Å². The van der Waals surface area contributed by atoms with E-state index in [1.54, 1.807) is 0 Å². The quantitative estimate of drug-likeness (QED) is 0.488. The number of nitrogens with one attached hydrogen (secondary N) is 4. The molecule has 9 heteroatoms. The Morgan fingerprint density at radius 3 is 2.58 bits per heavy atom. The Morgan fingerprint density at radius 2 is 1.84 bits per heavy atom. The lowest BCUT2D eigenvalue weighted by Gasteiger charge is -2.23. The lowest BCUT2D eigenvalue weighted by Crippen LogP contribution is -2.39. The monoisotopic (exact) mass is 421 g/mol. The fraction of sp³-hybridized carbons (Fsp3) is 0.182. The molecule has 158 valence electrons. The Hall–Kier alpha value is -4.01. The summed E-state index contributed by atoms with van der Waals surface area (Å²) in [5.74, 6) is -2.03. The Kier molecular flexibility index (Phi) is 5.74. The first-order chi connectivity index (χ1) is 15.0. The summed E-state index contributed by atoms with van der Waals surface area (Å²) in [5, 5.41) is 8.20. The topological polar surface area (TPSA) is 116 Å². The van der Waals surface area contributed by atoms with Gasteiger partial charge in [0.1, 0.15) is 11.6 Å². The summed E-state index contributed by atoms with van der Waals surface area (Å²) in [5.41, 5.74) is 1.15. The van der Waals surface area contributed by atoms with Crippen molar-refractivity contribution in [2.45, 2.75) is 18.8 Å². The van der Waals surface area contributed by atoms with Gasteiger partial charge in [-0.05, 0) is 36.2 Å². The van der Waals surface area contributed by atoms with E-state index >= 15 is 0 Å². The maximum atomic E-state index is 13.1. The number of aromatic amines is 1. The molecule has 0 unspecified atom stereocenters. The Morgan fingerprint density at radius 1 is 1.10 bits per heavy atom. The van der Waals surface area contributed by atoms with E-state index < -0.39 is 29.1 Å². The standard InChI is InChI=1S/C22H20FN5O3/c23-14-6-8-15(9-7-14)25-22-27-19-18(21(31)28-22)16(12-17(29)26-19)20(30)24-11-10-13-4-2-1-3-5-13/h1-9,16H,10-12H2,(H,24,30)(H3,25,26,27,28,29,31)/t16-/m0/s1. The van der Waals surface area contributed by atoms with E-state index in [0.29, 0.717) is 18.7 Å². The zero-order valence-electron chi connectivity index (χ0n) is 16.4. The van der Waals surface area contributed by atoms with Crippen LogP contribution < -0.4 is 21.5 Å². The highest BCUT2D eigenvalue weighted by Crippen LogP contribution is 2.29. The van der Waals surface area contributed by atoms with Gasteiger partial charge in [0.05, 0.1) is 11.5 Å². The van der Waals surface area contributed by atoms with Crippen molar-refractivity contribution in [2.75, 3.05) is 17.2 Å². The minimum absolute atomic E-state index is 0.0350. The second kappa shape index (κ2) is 8.78. The Labute approximate surface area is 176 Å². The van der Waals surface area contributed by atoms with Gasteiger partial charge in [0.15, 0.2) is 0 Å². The van der Waals surface area contributed by atoms with Crippen molar-refractivity contribution in [3.05, 3.63) is 81.9 Å². The third-order valence-electron chi connectivity index (χ3n) is 4.93. The number of hydrogen-bond acceptors (Lipinski definition) is 5. The highest BCUT2D eigenvalue weighted by molar-refractivity contribution is 6.00. The van der Waals surface area contributed by atoms with Crippen molar-refractivity contribution in [2.24, 2.45) is 0 Å². The zero-order chi connectivity index (χ0) is 21.8. The molecule has 0 aliphatic carbocycles. The fourth-order valence-corrected chi connectivity index (χ4v) is 3.42. The molecule has 1 aliphatic rings. The molecule has 0 fully saturated rings. The summed E-state index contributed by atoms with van der Waals surface area (Å²) in [7, 11) is 0. The first-order valence-electron chi connectivity index (χ1n) is 9.78. The molecule has 1 aromatic heterocycles. The van der Waals surface area contributed by atoms with Crippen LogP contribution in [0, 0.1) is 5.82 Å². The molecule has 2 heterocycles. The molecule has 0 saturated carbocycles. The molecule has 0 bridgehead atoms. The van der Waals surface area contributed by atoms with Crippen molar-refractivity contribution >= 4 is 29.3 Å². The van der Waals surface area contributed by atoms with Crippen LogP contribution in [-0.2, 0) is 16.0 Å². The maximum absolute atomic E-state index is 13.1. The largest absolute Gasteiger partial charge is 0.355 e. The molecule has 2 amide bonds.